The van der Waals surface area contributed by atoms with Crippen LogP contribution in [-0.4, -0.2) is 38.2 Å². The molecule has 32 heavy (non-hydrogen) atoms. The molecule has 2 aromatic carbocycles. The Bertz CT molecular complexity index is 1380. The van der Waals surface area contributed by atoms with Gasteiger partial charge in [-0.1, -0.05) is 41.6 Å². The molecule has 1 amide bonds. The third-order valence-electron chi connectivity index (χ3n) is 4.57. The van der Waals surface area contributed by atoms with Crippen LogP contribution in [0.4, 0.5) is 5.69 Å². The molecule has 0 radical (unpaired) electrons. The Labute approximate surface area is 187 Å². The lowest BCUT2D eigenvalue weighted by Gasteiger charge is -2.09. The van der Waals surface area contributed by atoms with Gasteiger partial charge < -0.3 is 10.1 Å². The summed E-state index contributed by atoms with van der Waals surface area (Å²) in [5, 5.41) is 7.50. The first-order valence-corrected chi connectivity index (χ1v) is 10.4. The summed E-state index contributed by atoms with van der Waals surface area (Å²) in [5.74, 6) is -1.08. The number of hydrogen-bond acceptors (Lipinski definition) is 7. The molecule has 4 aromatic rings. The van der Waals surface area contributed by atoms with E-state index in [9.17, 15) is 14.4 Å². The van der Waals surface area contributed by atoms with Crippen LogP contribution < -0.4 is 11.0 Å². The molecule has 0 aliphatic carbocycles. The minimum atomic E-state index is -0.574. The summed E-state index contributed by atoms with van der Waals surface area (Å²) in [6.45, 7) is 1.67. The van der Waals surface area contributed by atoms with E-state index >= 15 is 0 Å². The maximum atomic E-state index is 12.8. The number of benzene rings is 2. The molecule has 0 aliphatic rings. The molecule has 0 saturated carbocycles. The SMILES string of the molecule is COC(=O)c1ccccc1NC(=O)Cn1nc2c(Sc3cccc(C)c3)nccn2c1=O. The first kappa shape index (κ1) is 21.3. The van der Waals surface area contributed by atoms with Gasteiger partial charge in [0.1, 0.15) is 11.6 Å². The molecule has 0 fully saturated rings. The van der Waals surface area contributed by atoms with E-state index in [1.165, 1.54) is 35.7 Å². The van der Waals surface area contributed by atoms with E-state index in [0.717, 1.165) is 15.1 Å². The number of rotatable bonds is 6. The van der Waals surface area contributed by atoms with Crippen LogP contribution in [0.3, 0.4) is 0 Å². The van der Waals surface area contributed by atoms with Gasteiger partial charge in [-0.05, 0) is 31.2 Å². The van der Waals surface area contributed by atoms with Crippen molar-refractivity contribution in [3.05, 3.63) is 82.5 Å². The highest BCUT2D eigenvalue weighted by Gasteiger charge is 2.17. The van der Waals surface area contributed by atoms with E-state index in [4.69, 9.17) is 4.74 Å². The summed E-state index contributed by atoms with van der Waals surface area (Å²) in [6.07, 6.45) is 3.02. The number of aromatic nitrogens is 4. The molecular weight excluding hydrogens is 430 g/mol. The second-order valence-corrected chi connectivity index (χ2v) is 7.93. The van der Waals surface area contributed by atoms with Crippen LogP contribution in [0.2, 0.25) is 0 Å². The van der Waals surface area contributed by atoms with Gasteiger partial charge in [-0.25, -0.2) is 23.7 Å². The van der Waals surface area contributed by atoms with Crippen molar-refractivity contribution in [3.8, 4) is 0 Å². The lowest BCUT2D eigenvalue weighted by Crippen LogP contribution is -2.28. The normalized spacial score (nSPS) is 10.8. The number of fused-ring (bicyclic) bond motifs is 1. The van der Waals surface area contributed by atoms with Gasteiger partial charge in [0.2, 0.25) is 5.91 Å². The van der Waals surface area contributed by atoms with Gasteiger partial charge in [0.25, 0.3) is 0 Å². The van der Waals surface area contributed by atoms with Crippen LogP contribution in [0.15, 0.2) is 75.6 Å². The molecule has 0 atom stereocenters. The van der Waals surface area contributed by atoms with Crippen LogP contribution in [0.25, 0.3) is 5.65 Å². The minimum Gasteiger partial charge on any atom is -0.465 e. The number of aryl methyl sites for hydroxylation is 1. The highest BCUT2D eigenvalue weighted by molar-refractivity contribution is 7.99. The molecule has 0 bridgehead atoms. The van der Waals surface area contributed by atoms with Gasteiger partial charge >= 0.3 is 11.7 Å². The van der Waals surface area contributed by atoms with Crippen molar-refractivity contribution in [1.29, 1.82) is 0 Å². The Morgan fingerprint density at radius 3 is 2.75 bits per heavy atom. The number of nitrogens with zero attached hydrogens (tertiary/aromatic N) is 4. The van der Waals surface area contributed by atoms with Gasteiger partial charge in [-0.2, -0.15) is 0 Å². The van der Waals surface area contributed by atoms with Gasteiger partial charge in [-0.15, -0.1) is 5.10 Å². The second kappa shape index (κ2) is 9.06. The predicted octanol–water partition coefficient (Wildman–Crippen LogP) is 2.78. The largest absolute Gasteiger partial charge is 0.465 e. The van der Waals surface area contributed by atoms with Crippen molar-refractivity contribution >= 4 is 35.0 Å². The number of anilines is 1. The van der Waals surface area contributed by atoms with E-state index < -0.39 is 17.6 Å². The molecule has 9 nitrogen and oxygen atoms in total. The number of nitrogens with one attached hydrogen (secondary N) is 1. The molecular formula is C22H19N5O4S. The van der Waals surface area contributed by atoms with E-state index in [-0.39, 0.29) is 12.1 Å². The van der Waals surface area contributed by atoms with Crippen LogP contribution in [0, 0.1) is 6.92 Å². The molecule has 4 rings (SSSR count). The Morgan fingerprint density at radius 2 is 1.97 bits per heavy atom. The average Bonchev–Trinajstić information content (AvgIpc) is 3.10. The second-order valence-electron chi connectivity index (χ2n) is 6.87. The standard InChI is InChI=1S/C22H19N5O4S/c1-14-6-5-7-15(12-14)32-20-19-25-27(22(30)26(19)11-10-23-20)13-18(28)24-17-9-4-3-8-16(17)21(29)31-2/h3-12H,13H2,1-2H3,(H,24,28). The van der Waals surface area contributed by atoms with Crippen molar-refractivity contribution in [2.24, 2.45) is 0 Å². The zero-order valence-electron chi connectivity index (χ0n) is 17.3. The number of methoxy groups -OCH3 is 1. The maximum absolute atomic E-state index is 12.8. The van der Waals surface area contributed by atoms with Gasteiger partial charge in [0.15, 0.2) is 5.65 Å². The number of hydrogen-bond donors (Lipinski definition) is 1. The van der Waals surface area contributed by atoms with Crippen molar-refractivity contribution in [1.82, 2.24) is 19.2 Å². The Hall–Kier alpha value is -3.92. The summed E-state index contributed by atoms with van der Waals surface area (Å²) >= 11 is 1.38. The summed E-state index contributed by atoms with van der Waals surface area (Å²) in [6, 6.07) is 14.4. The highest BCUT2D eigenvalue weighted by Crippen LogP contribution is 2.28. The zero-order valence-corrected chi connectivity index (χ0v) is 18.1. The molecule has 2 aromatic heterocycles. The van der Waals surface area contributed by atoms with E-state index in [1.807, 2.05) is 31.2 Å². The van der Waals surface area contributed by atoms with Crippen LogP contribution in [-0.2, 0) is 16.1 Å². The van der Waals surface area contributed by atoms with Crippen LogP contribution in [0.5, 0.6) is 0 Å². The number of carbonyl (C=O) groups excluding carboxylic acids is 2. The van der Waals surface area contributed by atoms with E-state index in [1.54, 1.807) is 24.3 Å². The monoisotopic (exact) mass is 449 g/mol. The quantitative estimate of drug-likeness (QED) is 0.451. The number of esters is 1. The number of carbonyl (C=O) groups is 2. The van der Waals surface area contributed by atoms with Crippen molar-refractivity contribution < 1.29 is 14.3 Å². The fourth-order valence-electron chi connectivity index (χ4n) is 3.10. The number of ether oxygens (including phenoxy) is 1. The smallest absolute Gasteiger partial charge is 0.350 e. The van der Waals surface area contributed by atoms with Crippen LogP contribution in [0.1, 0.15) is 15.9 Å². The highest BCUT2D eigenvalue weighted by atomic mass is 32.2. The van der Waals surface area contributed by atoms with Gasteiger partial charge in [0.05, 0.1) is 18.4 Å². The Balaban J connectivity index is 1.59. The van der Waals surface area contributed by atoms with E-state index in [0.29, 0.717) is 16.4 Å². The molecule has 0 aliphatic heterocycles. The lowest BCUT2D eigenvalue weighted by atomic mass is 10.2. The fraction of sp³-hybridized carbons (Fsp3) is 0.136. The van der Waals surface area contributed by atoms with Crippen molar-refractivity contribution in [3.63, 3.8) is 0 Å². The third kappa shape index (κ3) is 4.40. The molecule has 0 spiro atoms. The summed E-state index contributed by atoms with van der Waals surface area (Å²) in [5.41, 5.74) is 1.50. The third-order valence-corrected chi connectivity index (χ3v) is 5.54. The lowest BCUT2D eigenvalue weighted by molar-refractivity contribution is -0.117. The summed E-state index contributed by atoms with van der Waals surface area (Å²) in [7, 11) is 1.26. The topological polar surface area (TPSA) is 108 Å². The van der Waals surface area contributed by atoms with Gasteiger partial charge in [0, 0.05) is 17.3 Å². The Kier molecular flexibility index (Phi) is 6.04. The molecule has 10 heteroatoms. The summed E-state index contributed by atoms with van der Waals surface area (Å²) in [4.78, 5) is 42.6. The zero-order chi connectivity index (χ0) is 22.7. The van der Waals surface area contributed by atoms with Crippen molar-refractivity contribution in [2.75, 3.05) is 12.4 Å². The molecule has 1 N–H and O–H groups in total. The number of amides is 1. The number of para-hydroxylation sites is 1. The predicted molar refractivity (Wildman–Crippen MR) is 119 cm³/mol. The van der Waals surface area contributed by atoms with E-state index in [2.05, 4.69) is 15.4 Å². The molecule has 0 saturated heterocycles. The van der Waals surface area contributed by atoms with Crippen LogP contribution >= 0.6 is 11.8 Å². The molecule has 162 valence electrons. The summed E-state index contributed by atoms with van der Waals surface area (Å²) < 4.78 is 7.15. The van der Waals surface area contributed by atoms with Crippen molar-refractivity contribution in [2.45, 2.75) is 23.4 Å². The first-order valence-electron chi connectivity index (χ1n) is 9.62. The minimum absolute atomic E-state index is 0.215. The van der Waals surface area contributed by atoms with Gasteiger partial charge in [-0.3, -0.25) is 4.79 Å². The maximum Gasteiger partial charge on any atom is 0.350 e. The average molecular weight is 449 g/mol. The first-order chi connectivity index (χ1) is 15.5. The fourth-order valence-corrected chi connectivity index (χ4v) is 4.06. The molecule has 2 heterocycles. The molecule has 0 unspecified atom stereocenters. The Morgan fingerprint density at radius 1 is 1.16 bits per heavy atom.